The van der Waals surface area contributed by atoms with E-state index in [-0.39, 0.29) is 11.8 Å². The molecule has 4 rings (SSSR count). The number of anilines is 2. The first-order valence-corrected chi connectivity index (χ1v) is 10.7. The second kappa shape index (κ2) is 8.21. The van der Waals surface area contributed by atoms with E-state index in [0.717, 1.165) is 36.1 Å². The third kappa shape index (κ3) is 4.25. The average Bonchev–Trinajstić information content (AvgIpc) is 3.05. The molecule has 0 spiro atoms. The summed E-state index contributed by atoms with van der Waals surface area (Å²) in [7, 11) is 0. The number of carbonyl (C=O) groups excluding carboxylic acids is 2. The van der Waals surface area contributed by atoms with E-state index in [1.807, 2.05) is 49.4 Å². The Morgan fingerprint density at radius 3 is 2.55 bits per heavy atom. The second-order valence-electron chi connectivity index (χ2n) is 7.70. The molecule has 148 valence electrons. The second-order valence-corrected chi connectivity index (χ2v) is 8.80. The fourth-order valence-electron chi connectivity index (χ4n) is 3.76. The molecule has 0 aliphatic heterocycles. The third-order valence-electron chi connectivity index (χ3n) is 5.28. The molecule has 1 aliphatic rings. The molecule has 0 bridgehead atoms. The molecule has 4 nitrogen and oxygen atoms in total. The molecule has 0 fully saturated rings. The number of rotatable bonds is 4. The van der Waals surface area contributed by atoms with Crippen molar-refractivity contribution in [2.75, 3.05) is 10.6 Å². The molecule has 0 radical (unpaired) electrons. The topological polar surface area (TPSA) is 58.2 Å². The molecule has 2 amide bonds. The Kier molecular flexibility index (Phi) is 5.49. The minimum Gasteiger partial charge on any atom is -0.322 e. The van der Waals surface area contributed by atoms with Gasteiger partial charge in [0.2, 0.25) is 0 Å². The van der Waals surface area contributed by atoms with Gasteiger partial charge in [0.1, 0.15) is 5.00 Å². The number of benzene rings is 2. The molecule has 0 saturated heterocycles. The van der Waals surface area contributed by atoms with Crippen molar-refractivity contribution in [1.29, 1.82) is 0 Å². The van der Waals surface area contributed by atoms with Crippen LogP contribution in [0.4, 0.5) is 10.7 Å². The van der Waals surface area contributed by atoms with Crippen LogP contribution in [0.5, 0.6) is 0 Å². The highest BCUT2D eigenvalue weighted by Gasteiger charge is 2.28. The van der Waals surface area contributed by atoms with E-state index < -0.39 is 0 Å². The molecular formula is C24H24N2O2S. The van der Waals surface area contributed by atoms with E-state index in [1.54, 1.807) is 12.1 Å². The molecular weight excluding hydrogens is 380 g/mol. The summed E-state index contributed by atoms with van der Waals surface area (Å²) in [5.41, 5.74) is 4.13. The SMILES string of the molecule is Cc1cccc(NC(=O)c2c(NC(=O)c3ccccc3)sc3c2CC[C@@H](C)C3)c1. The predicted octanol–water partition coefficient (Wildman–Crippen LogP) is 5.69. The van der Waals surface area contributed by atoms with Crippen molar-refractivity contribution in [3.63, 3.8) is 0 Å². The van der Waals surface area contributed by atoms with Crippen molar-refractivity contribution >= 4 is 33.8 Å². The maximum absolute atomic E-state index is 13.2. The molecule has 1 aromatic heterocycles. The van der Waals surface area contributed by atoms with Crippen LogP contribution >= 0.6 is 11.3 Å². The predicted molar refractivity (Wildman–Crippen MR) is 119 cm³/mol. The number of nitrogens with one attached hydrogen (secondary N) is 2. The normalized spacial score (nSPS) is 15.4. The molecule has 0 saturated carbocycles. The van der Waals surface area contributed by atoms with Gasteiger partial charge in [0.05, 0.1) is 5.56 Å². The number of carbonyl (C=O) groups is 2. The summed E-state index contributed by atoms with van der Waals surface area (Å²) in [6.07, 6.45) is 2.87. The smallest absolute Gasteiger partial charge is 0.258 e. The lowest BCUT2D eigenvalue weighted by molar-refractivity contribution is 0.102. The first-order valence-electron chi connectivity index (χ1n) is 9.90. The lowest BCUT2D eigenvalue weighted by Gasteiger charge is -2.18. The zero-order chi connectivity index (χ0) is 20.4. The minimum absolute atomic E-state index is 0.161. The van der Waals surface area contributed by atoms with Crippen LogP contribution in [0.3, 0.4) is 0 Å². The average molecular weight is 405 g/mol. The summed E-state index contributed by atoms with van der Waals surface area (Å²) >= 11 is 1.54. The molecule has 5 heteroatoms. The van der Waals surface area contributed by atoms with Gasteiger partial charge >= 0.3 is 0 Å². The van der Waals surface area contributed by atoms with Crippen molar-refractivity contribution in [3.8, 4) is 0 Å². The molecule has 2 aromatic carbocycles. The van der Waals surface area contributed by atoms with Gasteiger partial charge in [-0.05, 0) is 67.5 Å². The van der Waals surface area contributed by atoms with Gasteiger partial charge in [0.15, 0.2) is 0 Å². The first kappa shape index (κ1) is 19.4. The van der Waals surface area contributed by atoms with E-state index in [2.05, 4.69) is 17.6 Å². The van der Waals surface area contributed by atoms with Gasteiger partial charge in [-0.1, -0.05) is 37.3 Å². The maximum atomic E-state index is 13.2. The summed E-state index contributed by atoms with van der Waals surface area (Å²) in [5, 5.41) is 6.65. The van der Waals surface area contributed by atoms with Gasteiger partial charge in [0.25, 0.3) is 11.8 Å². The van der Waals surface area contributed by atoms with Crippen molar-refractivity contribution in [2.24, 2.45) is 5.92 Å². The van der Waals surface area contributed by atoms with Crippen LogP contribution in [0.15, 0.2) is 54.6 Å². The number of amides is 2. The number of hydrogen-bond donors (Lipinski definition) is 2. The highest BCUT2D eigenvalue weighted by atomic mass is 32.1. The molecule has 2 N–H and O–H groups in total. The van der Waals surface area contributed by atoms with Gasteiger partial charge in [-0.2, -0.15) is 0 Å². The van der Waals surface area contributed by atoms with Gasteiger partial charge in [-0.15, -0.1) is 11.3 Å². The lowest BCUT2D eigenvalue weighted by Crippen LogP contribution is -2.19. The highest BCUT2D eigenvalue weighted by molar-refractivity contribution is 7.17. The minimum atomic E-state index is -0.193. The Morgan fingerprint density at radius 1 is 1.00 bits per heavy atom. The maximum Gasteiger partial charge on any atom is 0.258 e. The highest BCUT2D eigenvalue weighted by Crippen LogP contribution is 2.40. The fourth-order valence-corrected chi connectivity index (χ4v) is 5.16. The van der Waals surface area contributed by atoms with Gasteiger partial charge in [0, 0.05) is 16.1 Å². The zero-order valence-electron chi connectivity index (χ0n) is 16.6. The molecule has 3 aromatic rings. The van der Waals surface area contributed by atoms with Crippen LogP contribution < -0.4 is 10.6 Å². The van der Waals surface area contributed by atoms with Crippen LogP contribution in [-0.2, 0) is 12.8 Å². The van der Waals surface area contributed by atoms with Crippen LogP contribution in [0.2, 0.25) is 0 Å². The molecule has 29 heavy (non-hydrogen) atoms. The zero-order valence-corrected chi connectivity index (χ0v) is 17.4. The Morgan fingerprint density at radius 2 is 1.79 bits per heavy atom. The van der Waals surface area contributed by atoms with Crippen molar-refractivity contribution in [2.45, 2.75) is 33.1 Å². The van der Waals surface area contributed by atoms with Gasteiger partial charge < -0.3 is 10.6 Å². The fraction of sp³-hybridized carbons (Fsp3) is 0.250. The first-order chi connectivity index (χ1) is 14.0. The quantitative estimate of drug-likeness (QED) is 0.587. The van der Waals surface area contributed by atoms with Gasteiger partial charge in [-0.25, -0.2) is 0 Å². The van der Waals surface area contributed by atoms with E-state index in [1.165, 1.54) is 16.2 Å². The van der Waals surface area contributed by atoms with E-state index in [0.29, 0.717) is 22.0 Å². The number of aryl methyl sites for hydroxylation is 1. The van der Waals surface area contributed by atoms with E-state index in [4.69, 9.17) is 0 Å². The van der Waals surface area contributed by atoms with E-state index in [9.17, 15) is 9.59 Å². The number of fused-ring (bicyclic) bond motifs is 1. The van der Waals surface area contributed by atoms with E-state index >= 15 is 0 Å². The molecule has 1 aliphatic carbocycles. The Bertz CT molecular complexity index is 1060. The Balaban J connectivity index is 1.67. The van der Waals surface area contributed by atoms with Crippen molar-refractivity contribution < 1.29 is 9.59 Å². The Hall–Kier alpha value is -2.92. The summed E-state index contributed by atoms with van der Waals surface area (Å²) in [4.78, 5) is 27.2. The number of hydrogen-bond acceptors (Lipinski definition) is 3. The van der Waals surface area contributed by atoms with Crippen LogP contribution in [0.1, 0.15) is 50.1 Å². The van der Waals surface area contributed by atoms with Crippen molar-refractivity contribution in [3.05, 3.63) is 81.7 Å². The van der Waals surface area contributed by atoms with Gasteiger partial charge in [-0.3, -0.25) is 9.59 Å². The Labute approximate surface area is 175 Å². The lowest BCUT2D eigenvalue weighted by atomic mass is 9.88. The molecule has 1 heterocycles. The largest absolute Gasteiger partial charge is 0.322 e. The standard InChI is InChI=1S/C24H24N2O2S/c1-15-7-6-10-18(13-15)25-23(28)21-19-12-11-16(2)14-20(19)29-24(21)26-22(27)17-8-4-3-5-9-17/h3-10,13,16H,11-12,14H2,1-2H3,(H,25,28)(H,26,27)/t16-/m1/s1. The summed E-state index contributed by atoms with van der Waals surface area (Å²) in [6, 6.07) is 16.8. The molecule has 1 atom stereocenters. The van der Waals surface area contributed by atoms with Crippen LogP contribution in [0, 0.1) is 12.8 Å². The monoisotopic (exact) mass is 404 g/mol. The summed E-state index contributed by atoms with van der Waals surface area (Å²) in [5.74, 6) is 0.236. The molecule has 0 unspecified atom stereocenters. The number of thiophene rings is 1. The van der Waals surface area contributed by atoms with Crippen molar-refractivity contribution in [1.82, 2.24) is 0 Å². The summed E-state index contributed by atoms with van der Waals surface area (Å²) in [6.45, 7) is 4.23. The summed E-state index contributed by atoms with van der Waals surface area (Å²) < 4.78 is 0. The van der Waals surface area contributed by atoms with Crippen LogP contribution in [-0.4, -0.2) is 11.8 Å². The van der Waals surface area contributed by atoms with Crippen LogP contribution in [0.25, 0.3) is 0 Å². The third-order valence-corrected chi connectivity index (χ3v) is 6.45.